The standard InChI is InChI=1S/C73H49N5.C2H6/c1-73(2)62-29-17-15-27-54(62)56-43-61-60-42-51(34-38-70(60)78(71(61)44-63(56)73)72-74-64(46-19-7-3-8-20-46)45-65(75-72)47-21-9-4-10-22-47)50-33-37-69-59(41-50)58-40-49(32-36-68(58)77(69)53-25-13-6-14-26-53)48-31-35-67-57(39-48)55-28-16-18-30-66(55)76(67)52-23-11-5-12-24-52;1-2/h3-45H,1-2H3;1-2H3. The highest BCUT2D eigenvalue weighted by Gasteiger charge is 2.36. The molecule has 0 spiro atoms. The molecule has 15 aromatic rings. The first-order chi connectivity index (χ1) is 39.4. The fraction of sp³-hybridized carbons (Fsp3) is 0.0667. The largest absolute Gasteiger partial charge is 0.309 e. The van der Waals surface area contributed by atoms with Gasteiger partial charge in [0.15, 0.2) is 0 Å². The molecule has 1 aliphatic rings. The molecular formula is C75H55N5. The van der Waals surface area contributed by atoms with Gasteiger partial charge in [-0.25, -0.2) is 9.97 Å². The molecule has 0 bridgehead atoms. The molecule has 80 heavy (non-hydrogen) atoms. The van der Waals surface area contributed by atoms with Gasteiger partial charge in [0.25, 0.3) is 0 Å². The third-order valence-corrected chi connectivity index (χ3v) is 16.7. The summed E-state index contributed by atoms with van der Waals surface area (Å²) >= 11 is 0. The van der Waals surface area contributed by atoms with E-state index >= 15 is 0 Å². The van der Waals surface area contributed by atoms with Crippen LogP contribution >= 0.6 is 0 Å². The van der Waals surface area contributed by atoms with Gasteiger partial charge in [-0.15, -0.1) is 0 Å². The number of nitrogens with zero attached hydrogens (tertiary/aromatic N) is 5. The van der Waals surface area contributed by atoms with Gasteiger partial charge in [0.05, 0.1) is 44.5 Å². The Morgan fingerprint density at radius 3 is 1.16 bits per heavy atom. The SMILES string of the molecule is CC.CC1(C)c2ccccc2-c2cc3c4cc(-c5ccc6c(c5)c5cc(-c7ccc8c(c7)c7ccccc7n8-c7ccccc7)ccc5n6-c5ccccc5)ccc4n(-c4nc(-c5ccccc5)cc(-c5ccccc5)n4)c3cc21. The summed E-state index contributed by atoms with van der Waals surface area (Å²) in [5.41, 5.74) is 22.7. The number of fused-ring (bicyclic) bond motifs is 12. The zero-order valence-electron chi connectivity index (χ0n) is 45.1. The molecule has 0 saturated heterocycles. The molecule has 16 rings (SSSR count). The number of rotatable bonds is 7. The zero-order valence-corrected chi connectivity index (χ0v) is 45.1. The van der Waals surface area contributed by atoms with Gasteiger partial charge in [-0.05, 0) is 142 Å². The minimum atomic E-state index is -0.196. The van der Waals surface area contributed by atoms with Crippen molar-refractivity contribution in [3.63, 3.8) is 0 Å². The summed E-state index contributed by atoms with van der Waals surface area (Å²) in [5, 5.41) is 7.22. The maximum atomic E-state index is 5.43. The molecular weight excluding hydrogens is 971 g/mol. The summed E-state index contributed by atoms with van der Waals surface area (Å²) in [5.74, 6) is 0.642. The van der Waals surface area contributed by atoms with E-state index in [9.17, 15) is 0 Å². The van der Waals surface area contributed by atoms with Gasteiger partial charge in [-0.1, -0.05) is 191 Å². The van der Waals surface area contributed by atoms with Crippen molar-refractivity contribution < 1.29 is 0 Å². The van der Waals surface area contributed by atoms with E-state index in [4.69, 9.17) is 9.97 Å². The molecule has 0 amide bonds. The van der Waals surface area contributed by atoms with Gasteiger partial charge in [-0.3, -0.25) is 4.57 Å². The first-order valence-electron chi connectivity index (χ1n) is 27.9. The highest BCUT2D eigenvalue weighted by Crippen LogP contribution is 2.51. The van der Waals surface area contributed by atoms with Crippen molar-refractivity contribution in [3.05, 3.63) is 272 Å². The third-order valence-electron chi connectivity index (χ3n) is 16.7. The van der Waals surface area contributed by atoms with Crippen molar-refractivity contribution in [2.24, 2.45) is 0 Å². The topological polar surface area (TPSA) is 40.6 Å². The Hall–Kier alpha value is -10.1. The Kier molecular flexibility index (Phi) is 10.9. The molecule has 0 atom stereocenters. The first-order valence-corrected chi connectivity index (χ1v) is 27.9. The van der Waals surface area contributed by atoms with Crippen LogP contribution in [0.2, 0.25) is 0 Å². The van der Waals surface area contributed by atoms with E-state index in [0.717, 1.165) is 67.0 Å². The lowest BCUT2D eigenvalue weighted by Gasteiger charge is -2.21. The van der Waals surface area contributed by atoms with Gasteiger partial charge in [0.2, 0.25) is 5.95 Å². The van der Waals surface area contributed by atoms with Crippen LogP contribution in [-0.4, -0.2) is 23.7 Å². The van der Waals surface area contributed by atoms with Crippen LogP contribution in [0.1, 0.15) is 38.8 Å². The van der Waals surface area contributed by atoms with E-state index in [1.165, 1.54) is 76.9 Å². The fourth-order valence-electron chi connectivity index (χ4n) is 12.9. The van der Waals surface area contributed by atoms with Gasteiger partial charge >= 0.3 is 0 Å². The summed E-state index contributed by atoms with van der Waals surface area (Å²) in [4.78, 5) is 10.9. The molecule has 11 aromatic carbocycles. The summed E-state index contributed by atoms with van der Waals surface area (Å²) in [7, 11) is 0. The highest BCUT2D eigenvalue weighted by molar-refractivity contribution is 6.15. The highest BCUT2D eigenvalue weighted by atomic mass is 15.2. The second kappa shape index (κ2) is 18.5. The lowest BCUT2D eigenvalue weighted by molar-refractivity contribution is 0.661. The summed E-state index contributed by atoms with van der Waals surface area (Å²) < 4.78 is 7.10. The third kappa shape index (κ3) is 7.31. The van der Waals surface area contributed by atoms with E-state index in [0.29, 0.717) is 5.95 Å². The van der Waals surface area contributed by atoms with Crippen molar-refractivity contribution in [3.8, 4) is 73.2 Å². The number of para-hydroxylation sites is 3. The maximum absolute atomic E-state index is 5.43. The van der Waals surface area contributed by atoms with Crippen molar-refractivity contribution >= 4 is 65.4 Å². The number of hydrogen-bond acceptors (Lipinski definition) is 2. The van der Waals surface area contributed by atoms with Gasteiger partial charge in [0.1, 0.15) is 0 Å². The summed E-state index contributed by atoms with van der Waals surface area (Å²) in [6.45, 7) is 8.71. The van der Waals surface area contributed by atoms with E-state index in [1.54, 1.807) is 0 Å². The van der Waals surface area contributed by atoms with Gasteiger partial charge < -0.3 is 9.13 Å². The molecule has 0 fully saturated rings. The van der Waals surface area contributed by atoms with E-state index in [-0.39, 0.29) is 5.41 Å². The van der Waals surface area contributed by atoms with Crippen LogP contribution in [0.5, 0.6) is 0 Å². The lowest BCUT2D eigenvalue weighted by atomic mass is 9.82. The van der Waals surface area contributed by atoms with Crippen molar-refractivity contribution in [2.75, 3.05) is 0 Å². The van der Waals surface area contributed by atoms with Crippen molar-refractivity contribution in [2.45, 2.75) is 33.1 Å². The molecule has 1 aliphatic carbocycles. The fourth-order valence-corrected chi connectivity index (χ4v) is 12.9. The second-order valence-corrected chi connectivity index (χ2v) is 21.4. The summed E-state index contributed by atoms with van der Waals surface area (Å²) in [6.07, 6.45) is 0. The number of aromatic nitrogens is 5. The second-order valence-electron chi connectivity index (χ2n) is 21.4. The van der Waals surface area contributed by atoms with Crippen LogP contribution in [0, 0.1) is 0 Å². The molecule has 5 heteroatoms. The zero-order chi connectivity index (χ0) is 53.6. The Morgan fingerprint density at radius 2 is 0.662 bits per heavy atom. The Balaban J connectivity index is 0.00000273. The molecule has 0 saturated carbocycles. The van der Waals surface area contributed by atoms with Crippen LogP contribution in [0.15, 0.2) is 261 Å². The molecule has 4 heterocycles. The number of benzene rings is 11. The smallest absolute Gasteiger partial charge is 0.235 e. The Bertz CT molecular complexity index is 4850. The van der Waals surface area contributed by atoms with Crippen LogP contribution in [0.25, 0.3) is 139 Å². The summed E-state index contributed by atoms with van der Waals surface area (Å²) in [6, 6.07) is 95.0. The van der Waals surface area contributed by atoms with Gasteiger partial charge in [0, 0.05) is 60.2 Å². The van der Waals surface area contributed by atoms with E-state index < -0.39 is 0 Å². The van der Waals surface area contributed by atoms with Crippen LogP contribution in [0.4, 0.5) is 0 Å². The van der Waals surface area contributed by atoms with E-state index in [2.05, 4.69) is 288 Å². The normalized spacial score (nSPS) is 12.6. The molecule has 0 radical (unpaired) electrons. The van der Waals surface area contributed by atoms with Crippen molar-refractivity contribution in [1.29, 1.82) is 0 Å². The number of hydrogen-bond donors (Lipinski definition) is 0. The lowest BCUT2D eigenvalue weighted by Crippen LogP contribution is -2.15. The predicted molar refractivity (Wildman–Crippen MR) is 336 cm³/mol. The molecule has 5 nitrogen and oxygen atoms in total. The monoisotopic (exact) mass is 1030 g/mol. The minimum Gasteiger partial charge on any atom is -0.309 e. The molecule has 380 valence electrons. The van der Waals surface area contributed by atoms with E-state index in [1.807, 2.05) is 13.8 Å². The Labute approximate surface area is 464 Å². The molecule has 0 N–H and O–H groups in total. The average Bonchev–Trinajstić information content (AvgIpc) is 4.36. The molecule has 0 unspecified atom stereocenters. The Morgan fingerprint density at radius 1 is 0.275 bits per heavy atom. The maximum Gasteiger partial charge on any atom is 0.235 e. The minimum absolute atomic E-state index is 0.196. The van der Waals surface area contributed by atoms with Crippen LogP contribution < -0.4 is 0 Å². The van der Waals surface area contributed by atoms with Gasteiger partial charge in [-0.2, -0.15) is 0 Å². The van der Waals surface area contributed by atoms with Crippen molar-refractivity contribution in [1.82, 2.24) is 23.7 Å². The van der Waals surface area contributed by atoms with Crippen LogP contribution in [-0.2, 0) is 5.41 Å². The molecule has 0 aliphatic heterocycles. The predicted octanol–water partition coefficient (Wildman–Crippen LogP) is 19.8. The quantitative estimate of drug-likeness (QED) is 0.160. The first kappa shape index (κ1) is 47.1. The van der Waals surface area contributed by atoms with Crippen LogP contribution in [0.3, 0.4) is 0 Å². The molecule has 4 aromatic heterocycles. The average molecular weight is 1030 g/mol.